The molecule has 0 bridgehead atoms. The van der Waals surface area contributed by atoms with Crippen LogP contribution in [0.25, 0.3) is 0 Å². The van der Waals surface area contributed by atoms with E-state index in [1.165, 1.54) is 0 Å². The molecule has 1 aromatic rings. The molecule has 0 aromatic carbocycles. The van der Waals surface area contributed by atoms with Gasteiger partial charge in [-0.05, 0) is 12.8 Å². The van der Waals surface area contributed by atoms with E-state index in [4.69, 9.17) is 9.47 Å². The molecule has 8 heteroatoms. The molecular weight excluding hydrogens is 339 g/mol. The summed E-state index contributed by atoms with van der Waals surface area (Å²) in [7, 11) is -4.05. The van der Waals surface area contributed by atoms with Crippen LogP contribution in [0, 0.1) is 5.92 Å². The zero-order chi connectivity index (χ0) is 14.4. The second-order valence-corrected chi connectivity index (χ2v) is 7.32. The van der Waals surface area contributed by atoms with Gasteiger partial charge in [-0.1, -0.05) is 19.3 Å². The van der Waals surface area contributed by atoms with Crippen molar-refractivity contribution in [2.24, 2.45) is 5.92 Å². The molecule has 0 radical (unpaired) electrons. The second-order valence-electron chi connectivity index (χ2n) is 5.05. The molecule has 0 amide bonds. The molecule has 0 aliphatic carbocycles. The first-order valence-electron chi connectivity index (χ1n) is 6.80. The number of hydrogen-bond acceptors (Lipinski definition) is 6. The first kappa shape index (κ1) is 19.9. The summed E-state index contributed by atoms with van der Waals surface area (Å²) in [4.78, 5) is 0. The van der Waals surface area contributed by atoms with Crippen LogP contribution < -0.4 is 60.9 Å². The maximum Gasteiger partial charge on any atom is 1.00 e. The van der Waals surface area contributed by atoms with E-state index in [0.29, 0.717) is 25.6 Å². The molecule has 0 fully saturated rings. The molecule has 0 saturated heterocycles. The summed E-state index contributed by atoms with van der Waals surface area (Å²) in [5.41, 5.74) is 0. The molecule has 5 nitrogen and oxygen atoms in total. The van der Waals surface area contributed by atoms with E-state index < -0.39 is 10.1 Å². The minimum absolute atomic E-state index is 0. The smallest absolute Gasteiger partial charge is 0.748 e. The van der Waals surface area contributed by atoms with Crippen molar-refractivity contribution in [1.82, 2.24) is 0 Å². The second kappa shape index (κ2) is 9.87. The normalized spacial score (nSPS) is 15.3. The van der Waals surface area contributed by atoms with Crippen molar-refractivity contribution in [3.05, 3.63) is 10.8 Å². The van der Waals surface area contributed by atoms with Crippen LogP contribution in [0.3, 0.4) is 0 Å². The van der Waals surface area contributed by atoms with E-state index in [2.05, 4.69) is 0 Å². The molecule has 0 unspecified atom stereocenters. The maximum atomic E-state index is 10.4. The average molecular weight is 359 g/mol. The van der Waals surface area contributed by atoms with E-state index in [0.717, 1.165) is 37.2 Å². The summed E-state index contributed by atoms with van der Waals surface area (Å²) < 4.78 is 42.7. The molecule has 1 aliphatic heterocycles. The third-order valence-corrected chi connectivity index (χ3v) is 4.79. The van der Waals surface area contributed by atoms with E-state index in [1.54, 1.807) is 11.3 Å². The van der Waals surface area contributed by atoms with Gasteiger partial charge < -0.3 is 14.0 Å². The van der Waals surface area contributed by atoms with Crippen LogP contribution in [0.15, 0.2) is 10.8 Å². The van der Waals surface area contributed by atoms with E-state index in [1.807, 2.05) is 10.8 Å². The Labute approximate surface area is 172 Å². The fourth-order valence-corrected chi connectivity index (χ4v) is 3.42. The summed E-state index contributed by atoms with van der Waals surface area (Å²) in [5.74, 6) is 1.79. The average Bonchev–Trinajstić information content (AvgIpc) is 2.74. The molecule has 0 spiro atoms. The molecule has 0 N–H and O–H groups in total. The molecule has 21 heavy (non-hydrogen) atoms. The van der Waals surface area contributed by atoms with Crippen LogP contribution in [0.5, 0.6) is 11.5 Å². The Balaban J connectivity index is 0.00000220. The Morgan fingerprint density at radius 2 is 1.67 bits per heavy atom. The number of unbranched alkanes of at least 4 members (excludes halogenated alkanes) is 3. The number of rotatable bonds is 7. The van der Waals surface area contributed by atoms with Gasteiger partial charge >= 0.3 is 51.4 Å². The van der Waals surface area contributed by atoms with Gasteiger partial charge in [-0.25, -0.2) is 8.42 Å². The van der Waals surface area contributed by atoms with E-state index in [-0.39, 0.29) is 57.1 Å². The van der Waals surface area contributed by atoms with Gasteiger partial charge in [0.05, 0.1) is 23.3 Å². The quantitative estimate of drug-likeness (QED) is 0.378. The first-order chi connectivity index (χ1) is 9.54. The number of thiophene rings is 1. The number of hydrogen-bond donors (Lipinski definition) is 0. The van der Waals surface area contributed by atoms with Gasteiger partial charge in [0.15, 0.2) is 11.5 Å². The first-order valence-corrected chi connectivity index (χ1v) is 9.32. The van der Waals surface area contributed by atoms with Crippen LogP contribution in [-0.4, -0.2) is 31.9 Å². The number of fused-ring (bicyclic) bond motifs is 1. The monoisotopic (exact) mass is 358 g/mol. The minimum Gasteiger partial charge on any atom is -0.748 e. The zero-order valence-electron chi connectivity index (χ0n) is 12.2. The zero-order valence-corrected chi connectivity index (χ0v) is 17.0. The van der Waals surface area contributed by atoms with E-state index >= 15 is 0 Å². The predicted octanol–water partition coefficient (Wildman–Crippen LogP) is -0.365. The fourth-order valence-electron chi connectivity index (χ4n) is 2.18. The largest absolute Gasteiger partial charge is 1.00 e. The predicted molar refractivity (Wildman–Crippen MR) is 76.4 cm³/mol. The molecule has 1 aliphatic rings. The molecular formula is C13H19KO5S2. The minimum atomic E-state index is -4.05. The number of ether oxygens (including phenoxy) is 2. The molecule has 1 aromatic heterocycles. The summed E-state index contributed by atoms with van der Waals surface area (Å²) in [6.45, 7) is 1.33. The van der Waals surface area contributed by atoms with Crippen LogP contribution >= 0.6 is 11.3 Å². The van der Waals surface area contributed by atoms with Crippen LogP contribution in [0.4, 0.5) is 0 Å². The van der Waals surface area contributed by atoms with Crippen molar-refractivity contribution < 1.29 is 73.8 Å². The van der Waals surface area contributed by atoms with Crippen molar-refractivity contribution >= 4 is 21.5 Å². The van der Waals surface area contributed by atoms with Gasteiger partial charge in [0.2, 0.25) is 0 Å². The Bertz CT molecular complexity index is 492. The van der Waals surface area contributed by atoms with Crippen LogP contribution in [-0.2, 0) is 10.1 Å². The third kappa shape index (κ3) is 7.78. The van der Waals surface area contributed by atoms with Crippen molar-refractivity contribution in [2.45, 2.75) is 32.1 Å². The Hall–Kier alpha value is 0.846. The van der Waals surface area contributed by atoms with Crippen LogP contribution in [0.1, 0.15) is 32.1 Å². The summed E-state index contributed by atoms with van der Waals surface area (Å²) >= 11 is 1.57. The Kier molecular flexibility index (Phi) is 9.35. The van der Waals surface area contributed by atoms with Gasteiger partial charge in [0.1, 0.15) is 0 Å². The molecule has 0 atom stereocenters. The Morgan fingerprint density at radius 3 is 2.24 bits per heavy atom. The summed E-state index contributed by atoms with van der Waals surface area (Å²) in [6.07, 6.45) is 4.18. The van der Waals surface area contributed by atoms with Gasteiger partial charge in [0, 0.05) is 22.4 Å². The van der Waals surface area contributed by atoms with E-state index in [9.17, 15) is 13.0 Å². The fraction of sp³-hybridized carbons (Fsp3) is 0.692. The third-order valence-electron chi connectivity index (χ3n) is 3.30. The van der Waals surface area contributed by atoms with Crippen molar-refractivity contribution in [3.63, 3.8) is 0 Å². The molecule has 2 heterocycles. The van der Waals surface area contributed by atoms with Gasteiger partial charge in [-0.2, -0.15) is 0 Å². The molecule has 2 rings (SSSR count). The maximum absolute atomic E-state index is 10.4. The van der Waals surface area contributed by atoms with Gasteiger partial charge in [0.25, 0.3) is 0 Å². The van der Waals surface area contributed by atoms with Crippen molar-refractivity contribution in [3.8, 4) is 11.5 Å². The van der Waals surface area contributed by atoms with Crippen LogP contribution in [0.2, 0.25) is 0 Å². The SMILES string of the molecule is O=S(=O)([O-])CCCCCCC1COc2cscc2OC1.[K+]. The summed E-state index contributed by atoms with van der Waals surface area (Å²) in [6, 6.07) is 0. The van der Waals surface area contributed by atoms with Gasteiger partial charge in [-0.15, -0.1) is 11.3 Å². The Morgan fingerprint density at radius 1 is 1.10 bits per heavy atom. The van der Waals surface area contributed by atoms with Gasteiger partial charge in [-0.3, -0.25) is 0 Å². The molecule has 114 valence electrons. The van der Waals surface area contributed by atoms with Crippen molar-refractivity contribution in [2.75, 3.05) is 19.0 Å². The topological polar surface area (TPSA) is 75.7 Å². The summed E-state index contributed by atoms with van der Waals surface area (Å²) in [5, 5.41) is 3.89. The van der Waals surface area contributed by atoms with Crippen molar-refractivity contribution in [1.29, 1.82) is 0 Å². The molecule has 0 saturated carbocycles. The standard InChI is InChI=1S/C13H20O5S2.K/c14-20(15,16)6-4-2-1-3-5-11-7-17-12-9-19-10-13(12)18-8-11;/h9-11H,1-8H2,(H,14,15,16);/q;+1/p-1.